The van der Waals surface area contributed by atoms with E-state index in [-0.39, 0.29) is 5.54 Å². The number of fused-ring (bicyclic) bond motifs is 1. The molecule has 0 saturated heterocycles. The third kappa shape index (κ3) is 2.44. The molecular weight excluding hydrogens is 248 g/mol. The van der Waals surface area contributed by atoms with Crippen LogP contribution in [0.3, 0.4) is 0 Å². The minimum absolute atomic E-state index is 0.297. The van der Waals surface area contributed by atoms with Crippen LogP contribution in [-0.2, 0) is 0 Å². The van der Waals surface area contributed by atoms with Crippen LogP contribution in [0.4, 0.5) is 0 Å². The van der Waals surface area contributed by atoms with Crippen LogP contribution in [0.15, 0.2) is 6.33 Å². The van der Waals surface area contributed by atoms with E-state index in [1.165, 1.54) is 17.9 Å². The number of hydrogen-bond acceptors (Lipinski definition) is 6. The van der Waals surface area contributed by atoms with Gasteiger partial charge in [0.15, 0.2) is 4.83 Å². The quantitative estimate of drug-likeness (QED) is 0.898. The Bertz CT molecular complexity index is 536. The fourth-order valence-corrected chi connectivity index (χ4v) is 2.40. The number of aryl methyl sites for hydroxylation is 1. The van der Waals surface area contributed by atoms with Gasteiger partial charge in [0, 0.05) is 5.54 Å². The fourth-order valence-electron chi connectivity index (χ4n) is 1.67. The second-order valence-electron chi connectivity index (χ2n) is 4.49. The molecule has 5 nitrogen and oxygen atoms in total. The monoisotopic (exact) mass is 266 g/mol. The summed E-state index contributed by atoms with van der Waals surface area (Å²) < 4.78 is 10.1. The zero-order chi connectivity index (χ0) is 13.2. The second-order valence-corrected chi connectivity index (χ2v) is 5.24. The lowest BCUT2D eigenvalue weighted by Crippen LogP contribution is -2.44. The largest absolute Gasteiger partial charge is 0.475 e. The molecule has 0 aromatic carbocycles. The van der Waals surface area contributed by atoms with E-state index in [0.29, 0.717) is 12.5 Å². The van der Waals surface area contributed by atoms with Gasteiger partial charge < -0.3 is 10.5 Å². The lowest BCUT2D eigenvalue weighted by atomic mass is 9.96. The predicted octanol–water partition coefficient (Wildman–Crippen LogP) is 2.29. The molecule has 0 atom stereocenters. The summed E-state index contributed by atoms with van der Waals surface area (Å²) in [6.07, 6.45) is 3.25. The number of nitrogens with zero attached hydrogens (tertiary/aromatic N) is 3. The summed E-state index contributed by atoms with van der Waals surface area (Å²) in [5.41, 5.74) is 6.83. The van der Waals surface area contributed by atoms with Crippen LogP contribution in [0.25, 0.3) is 10.2 Å². The summed E-state index contributed by atoms with van der Waals surface area (Å²) in [6, 6.07) is 0. The zero-order valence-electron chi connectivity index (χ0n) is 10.9. The topological polar surface area (TPSA) is 73.9 Å². The standard InChI is InChI=1S/C12H18N4OS/c1-4-12(13,5-2)6-17-10-9-8(3)16-18-11(9)15-7-14-10/h7H,4-6,13H2,1-3H3. The van der Waals surface area contributed by atoms with Gasteiger partial charge >= 0.3 is 0 Å². The van der Waals surface area contributed by atoms with Gasteiger partial charge in [-0.25, -0.2) is 9.97 Å². The van der Waals surface area contributed by atoms with Crippen molar-refractivity contribution in [2.24, 2.45) is 5.73 Å². The summed E-state index contributed by atoms with van der Waals surface area (Å²) in [4.78, 5) is 9.23. The molecule has 0 unspecified atom stereocenters. The number of nitrogens with two attached hydrogens (primary N) is 1. The normalized spacial score (nSPS) is 12.0. The van der Waals surface area contributed by atoms with E-state index in [1.54, 1.807) is 0 Å². The van der Waals surface area contributed by atoms with E-state index in [4.69, 9.17) is 10.5 Å². The summed E-state index contributed by atoms with van der Waals surface area (Å²) in [5.74, 6) is 0.586. The van der Waals surface area contributed by atoms with Crippen LogP contribution < -0.4 is 10.5 Å². The Balaban J connectivity index is 2.24. The van der Waals surface area contributed by atoms with E-state index in [1.807, 2.05) is 6.92 Å². The van der Waals surface area contributed by atoms with Crippen molar-refractivity contribution in [3.8, 4) is 5.88 Å². The molecule has 6 heteroatoms. The van der Waals surface area contributed by atoms with Gasteiger partial charge in [-0.1, -0.05) is 13.8 Å². The Morgan fingerprint density at radius 3 is 2.72 bits per heavy atom. The molecular formula is C12H18N4OS. The molecule has 98 valence electrons. The summed E-state index contributed by atoms with van der Waals surface area (Å²) >= 11 is 1.36. The van der Waals surface area contributed by atoms with Gasteiger partial charge in [0.2, 0.25) is 5.88 Å². The van der Waals surface area contributed by atoms with Crippen molar-refractivity contribution in [2.45, 2.75) is 39.2 Å². The molecule has 0 amide bonds. The van der Waals surface area contributed by atoms with Crippen molar-refractivity contribution >= 4 is 21.7 Å². The highest BCUT2D eigenvalue weighted by Gasteiger charge is 2.22. The van der Waals surface area contributed by atoms with Crippen molar-refractivity contribution in [3.63, 3.8) is 0 Å². The van der Waals surface area contributed by atoms with E-state index in [2.05, 4.69) is 28.2 Å². The molecule has 0 bridgehead atoms. The molecule has 0 spiro atoms. The van der Waals surface area contributed by atoms with E-state index in [0.717, 1.165) is 28.8 Å². The van der Waals surface area contributed by atoms with Gasteiger partial charge in [-0.15, -0.1) is 0 Å². The fraction of sp³-hybridized carbons (Fsp3) is 0.583. The summed E-state index contributed by atoms with van der Waals surface area (Å²) in [5, 5.41) is 0.900. The Morgan fingerprint density at radius 2 is 2.06 bits per heavy atom. The average molecular weight is 266 g/mol. The Kier molecular flexibility index (Phi) is 3.77. The maximum Gasteiger partial charge on any atom is 0.227 e. The minimum atomic E-state index is -0.297. The third-order valence-corrected chi connectivity index (χ3v) is 4.16. The first-order valence-corrected chi connectivity index (χ1v) is 6.85. The van der Waals surface area contributed by atoms with E-state index < -0.39 is 0 Å². The second kappa shape index (κ2) is 5.16. The maximum atomic E-state index is 6.22. The molecule has 0 aliphatic carbocycles. The van der Waals surface area contributed by atoms with Crippen LogP contribution in [0, 0.1) is 6.92 Å². The lowest BCUT2D eigenvalue weighted by molar-refractivity contribution is 0.203. The van der Waals surface area contributed by atoms with Crippen LogP contribution >= 0.6 is 11.5 Å². The highest BCUT2D eigenvalue weighted by molar-refractivity contribution is 7.13. The van der Waals surface area contributed by atoms with Gasteiger partial charge in [-0.3, -0.25) is 0 Å². The Labute approximate surface area is 111 Å². The highest BCUT2D eigenvalue weighted by Crippen LogP contribution is 2.28. The molecule has 0 aliphatic rings. The Hall–Kier alpha value is -1.27. The van der Waals surface area contributed by atoms with Gasteiger partial charge in [0.25, 0.3) is 0 Å². The highest BCUT2D eigenvalue weighted by atomic mass is 32.1. The van der Waals surface area contributed by atoms with Crippen molar-refractivity contribution < 1.29 is 4.74 Å². The molecule has 2 aromatic heterocycles. The molecule has 0 aliphatic heterocycles. The first-order valence-electron chi connectivity index (χ1n) is 6.08. The van der Waals surface area contributed by atoms with Crippen molar-refractivity contribution in [3.05, 3.63) is 12.0 Å². The lowest BCUT2D eigenvalue weighted by Gasteiger charge is -2.26. The summed E-state index contributed by atoms with van der Waals surface area (Å²) in [6.45, 7) is 6.53. The predicted molar refractivity (Wildman–Crippen MR) is 72.9 cm³/mol. The number of aromatic nitrogens is 3. The third-order valence-electron chi connectivity index (χ3n) is 3.31. The number of hydrogen-bond donors (Lipinski definition) is 1. The molecule has 2 heterocycles. The van der Waals surface area contributed by atoms with Gasteiger partial charge in [-0.2, -0.15) is 4.37 Å². The first kappa shape index (κ1) is 13.2. The first-order chi connectivity index (χ1) is 8.59. The molecule has 0 radical (unpaired) electrons. The zero-order valence-corrected chi connectivity index (χ0v) is 11.8. The number of ether oxygens (including phenoxy) is 1. The Morgan fingerprint density at radius 1 is 1.33 bits per heavy atom. The maximum absolute atomic E-state index is 6.22. The van der Waals surface area contributed by atoms with Crippen molar-refractivity contribution in [1.29, 1.82) is 0 Å². The molecule has 18 heavy (non-hydrogen) atoms. The smallest absolute Gasteiger partial charge is 0.227 e. The van der Waals surface area contributed by atoms with Crippen molar-refractivity contribution in [2.75, 3.05) is 6.61 Å². The molecule has 2 aromatic rings. The average Bonchev–Trinajstić information content (AvgIpc) is 2.78. The van der Waals surface area contributed by atoms with E-state index in [9.17, 15) is 0 Å². The molecule has 0 fully saturated rings. The number of rotatable bonds is 5. The van der Waals surface area contributed by atoms with Gasteiger partial charge in [0.1, 0.15) is 12.9 Å². The van der Waals surface area contributed by atoms with Crippen LogP contribution in [-0.4, -0.2) is 26.5 Å². The molecule has 2 rings (SSSR count). The van der Waals surface area contributed by atoms with Crippen LogP contribution in [0.5, 0.6) is 5.88 Å². The SMILES string of the molecule is CCC(N)(CC)COc1ncnc2snc(C)c12. The molecule has 2 N–H and O–H groups in total. The molecule has 0 saturated carbocycles. The van der Waals surface area contributed by atoms with Crippen molar-refractivity contribution in [1.82, 2.24) is 14.3 Å². The van der Waals surface area contributed by atoms with Gasteiger partial charge in [0.05, 0.1) is 11.1 Å². The van der Waals surface area contributed by atoms with Crippen LogP contribution in [0.2, 0.25) is 0 Å². The van der Waals surface area contributed by atoms with Gasteiger partial charge in [-0.05, 0) is 31.3 Å². The van der Waals surface area contributed by atoms with Crippen LogP contribution in [0.1, 0.15) is 32.4 Å². The summed E-state index contributed by atoms with van der Waals surface area (Å²) in [7, 11) is 0. The minimum Gasteiger partial charge on any atom is -0.475 e. The van der Waals surface area contributed by atoms with E-state index >= 15 is 0 Å².